The maximum Gasteiger partial charge on any atom is 0.307 e. The highest BCUT2D eigenvalue weighted by molar-refractivity contribution is 7.99. The van der Waals surface area contributed by atoms with E-state index < -0.39 is 0 Å². The number of anilines is 2. The molecule has 0 amide bonds. The van der Waals surface area contributed by atoms with Gasteiger partial charge in [-0.05, 0) is 24.3 Å². The fraction of sp³-hybridized carbons (Fsp3) is 0.235. The predicted octanol–water partition coefficient (Wildman–Crippen LogP) is 5.11. The number of rotatable bonds is 3. The zero-order valence-electron chi connectivity index (χ0n) is 13.5. The maximum absolute atomic E-state index is 11.3. The minimum atomic E-state index is -0.321. The van der Waals surface area contributed by atoms with Gasteiger partial charge in [-0.3, -0.25) is 4.79 Å². The lowest BCUT2D eigenvalue weighted by Crippen LogP contribution is -2.54. The predicted molar refractivity (Wildman–Crippen MR) is 97.9 cm³/mol. The molecule has 0 saturated heterocycles. The van der Waals surface area contributed by atoms with E-state index in [1.165, 1.54) is 6.92 Å². The van der Waals surface area contributed by atoms with Gasteiger partial charge in [-0.15, -0.1) is 0 Å². The van der Waals surface area contributed by atoms with Crippen LogP contribution in [-0.4, -0.2) is 31.4 Å². The third kappa shape index (κ3) is 3.09. The summed E-state index contributed by atoms with van der Waals surface area (Å²) in [5.41, 5.74) is 1.82. The molecule has 0 unspecified atom stereocenters. The molecule has 2 aromatic rings. The van der Waals surface area contributed by atoms with E-state index in [9.17, 15) is 4.79 Å². The molecule has 2 aromatic carbocycles. The molecule has 0 bridgehead atoms. The molecule has 4 nitrogen and oxygen atoms in total. The van der Waals surface area contributed by atoms with E-state index in [4.69, 9.17) is 27.9 Å². The van der Waals surface area contributed by atoms with E-state index in [0.29, 0.717) is 10.0 Å². The molecular weight excluding hydrogens is 367 g/mol. The van der Waals surface area contributed by atoms with Gasteiger partial charge in [-0.1, -0.05) is 47.1 Å². The van der Waals surface area contributed by atoms with Gasteiger partial charge in [-0.25, -0.2) is 0 Å². The van der Waals surface area contributed by atoms with Crippen LogP contribution in [0.2, 0.25) is 10.0 Å². The molecule has 24 heavy (non-hydrogen) atoms. The van der Waals surface area contributed by atoms with Gasteiger partial charge in [0, 0.05) is 16.7 Å². The Labute approximate surface area is 155 Å². The van der Waals surface area contributed by atoms with Gasteiger partial charge in [-0.2, -0.15) is 9.60 Å². The van der Waals surface area contributed by atoms with Crippen LogP contribution in [0.5, 0.6) is 0 Å². The molecule has 7 heteroatoms. The highest BCUT2D eigenvalue weighted by Gasteiger charge is 2.38. The van der Waals surface area contributed by atoms with Crippen molar-refractivity contribution in [2.45, 2.75) is 16.7 Å². The van der Waals surface area contributed by atoms with Crippen molar-refractivity contribution in [3.63, 3.8) is 0 Å². The highest BCUT2D eigenvalue weighted by atomic mass is 35.5. The Morgan fingerprint density at radius 2 is 1.88 bits per heavy atom. The van der Waals surface area contributed by atoms with Crippen LogP contribution >= 0.6 is 35.0 Å². The first-order chi connectivity index (χ1) is 11.3. The number of nitrogens with zero attached hydrogens (tertiary/aromatic N) is 2. The SMILES string of the molecule is CC(=O)OC[N+](C)(C)N1c2ccccc2Sc2ccc(Cl)c(Cl)c21. The summed E-state index contributed by atoms with van der Waals surface area (Å²) in [4.78, 5) is 13.4. The maximum atomic E-state index is 11.3. The lowest BCUT2D eigenvalue weighted by molar-refractivity contribution is -0.910. The summed E-state index contributed by atoms with van der Waals surface area (Å²) in [6.07, 6.45) is 0. The second-order valence-electron chi connectivity index (χ2n) is 5.98. The number of ether oxygens (including phenoxy) is 1. The molecule has 1 heterocycles. The van der Waals surface area contributed by atoms with Crippen molar-refractivity contribution in [1.29, 1.82) is 0 Å². The Hall–Kier alpha value is -1.40. The molecule has 0 spiro atoms. The molecule has 126 valence electrons. The minimum Gasteiger partial charge on any atom is -0.413 e. The number of fused-ring (bicyclic) bond motifs is 2. The van der Waals surface area contributed by atoms with Crippen LogP contribution in [0, 0.1) is 0 Å². The van der Waals surface area contributed by atoms with Crippen molar-refractivity contribution in [2.75, 3.05) is 25.8 Å². The van der Waals surface area contributed by atoms with Gasteiger partial charge < -0.3 is 4.74 Å². The van der Waals surface area contributed by atoms with Crippen LogP contribution in [-0.2, 0) is 9.53 Å². The standard InChI is InChI=1S/C17H17Cl2N2O2S/c1-11(22)23-10-21(2,3)20-13-6-4-5-7-14(13)24-15-9-8-12(18)16(19)17(15)20/h4-9H,10H2,1-3H3/q+1. The van der Waals surface area contributed by atoms with Crippen LogP contribution in [0.25, 0.3) is 0 Å². The second-order valence-corrected chi connectivity index (χ2v) is 7.84. The topological polar surface area (TPSA) is 29.5 Å². The van der Waals surface area contributed by atoms with Gasteiger partial charge in [0.15, 0.2) is 0 Å². The molecular formula is C17H17Cl2N2O2S+. The van der Waals surface area contributed by atoms with E-state index in [1.54, 1.807) is 17.8 Å². The molecule has 0 N–H and O–H groups in total. The Morgan fingerprint density at radius 1 is 1.17 bits per heavy atom. The molecule has 0 radical (unpaired) electrons. The minimum absolute atomic E-state index is 0.177. The first-order valence-corrected chi connectivity index (χ1v) is 8.90. The van der Waals surface area contributed by atoms with E-state index >= 15 is 0 Å². The number of hydrogen-bond donors (Lipinski definition) is 0. The summed E-state index contributed by atoms with van der Waals surface area (Å²) in [5.74, 6) is -0.321. The number of benzene rings is 2. The molecule has 0 aromatic heterocycles. The summed E-state index contributed by atoms with van der Waals surface area (Å²) >= 11 is 14.4. The fourth-order valence-electron chi connectivity index (χ4n) is 2.63. The summed E-state index contributed by atoms with van der Waals surface area (Å²) in [7, 11) is 3.91. The molecule has 0 aliphatic carbocycles. The Balaban J connectivity index is 2.17. The second kappa shape index (κ2) is 6.48. The number of halogens is 2. The Kier molecular flexibility index (Phi) is 4.71. The van der Waals surface area contributed by atoms with Crippen molar-refractivity contribution in [2.24, 2.45) is 0 Å². The molecule has 3 rings (SSSR count). The zero-order chi connectivity index (χ0) is 17.5. The van der Waals surface area contributed by atoms with Crippen molar-refractivity contribution >= 4 is 52.3 Å². The van der Waals surface area contributed by atoms with Crippen LogP contribution in [0.1, 0.15) is 6.92 Å². The van der Waals surface area contributed by atoms with Crippen LogP contribution < -0.4 is 5.01 Å². The van der Waals surface area contributed by atoms with Crippen LogP contribution in [0.15, 0.2) is 46.2 Å². The van der Waals surface area contributed by atoms with Gasteiger partial charge in [0.25, 0.3) is 0 Å². The first kappa shape index (κ1) is 17.4. The van der Waals surface area contributed by atoms with Gasteiger partial charge in [0.05, 0.1) is 24.1 Å². The number of carbonyl (C=O) groups excluding carboxylic acids is 1. The number of para-hydroxylation sites is 1. The average Bonchev–Trinajstić information content (AvgIpc) is 2.54. The number of carbonyl (C=O) groups is 1. The summed E-state index contributed by atoms with van der Waals surface area (Å²) in [6, 6.07) is 11.8. The monoisotopic (exact) mass is 383 g/mol. The summed E-state index contributed by atoms with van der Waals surface area (Å²) in [6.45, 7) is 1.58. The van der Waals surface area contributed by atoms with E-state index in [2.05, 4.69) is 11.1 Å². The molecule has 1 aliphatic heterocycles. The van der Waals surface area contributed by atoms with E-state index in [-0.39, 0.29) is 17.3 Å². The van der Waals surface area contributed by atoms with Crippen molar-refractivity contribution < 1.29 is 14.1 Å². The fourth-order valence-corrected chi connectivity index (χ4v) is 4.15. The molecule has 0 saturated carbocycles. The van der Waals surface area contributed by atoms with Crippen molar-refractivity contribution in [3.05, 3.63) is 46.4 Å². The average molecular weight is 384 g/mol. The van der Waals surface area contributed by atoms with E-state index in [1.807, 2.05) is 38.4 Å². The smallest absolute Gasteiger partial charge is 0.307 e. The molecule has 0 atom stereocenters. The Morgan fingerprint density at radius 3 is 2.58 bits per heavy atom. The first-order valence-electron chi connectivity index (χ1n) is 7.33. The number of esters is 1. The van der Waals surface area contributed by atoms with Gasteiger partial charge >= 0.3 is 5.97 Å². The lowest BCUT2D eigenvalue weighted by Gasteiger charge is -2.43. The quantitative estimate of drug-likeness (QED) is 0.418. The van der Waals surface area contributed by atoms with Gasteiger partial charge in [0.1, 0.15) is 11.4 Å². The Bertz CT molecular complexity index is 811. The van der Waals surface area contributed by atoms with Crippen molar-refractivity contribution in [3.8, 4) is 0 Å². The zero-order valence-corrected chi connectivity index (χ0v) is 15.9. The van der Waals surface area contributed by atoms with Gasteiger partial charge in [0.2, 0.25) is 6.73 Å². The largest absolute Gasteiger partial charge is 0.413 e. The third-order valence-electron chi connectivity index (χ3n) is 3.68. The lowest BCUT2D eigenvalue weighted by atomic mass is 10.2. The number of quaternary nitrogens is 1. The van der Waals surface area contributed by atoms with Crippen LogP contribution in [0.4, 0.5) is 11.4 Å². The van der Waals surface area contributed by atoms with E-state index in [0.717, 1.165) is 21.2 Å². The number of hydrogen-bond acceptors (Lipinski definition) is 4. The highest BCUT2D eigenvalue weighted by Crippen LogP contribution is 2.53. The van der Waals surface area contributed by atoms with Crippen molar-refractivity contribution in [1.82, 2.24) is 0 Å². The molecule has 1 aliphatic rings. The third-order valence-corrected chi connectivity index (χ3v) is 5.59. The normalized spacial score (nSPS) is 13.3. The molecule has 0 fully saturated rings. The summed E-state index contributed by atoms with van der Waals surface area (Å²) < 4.78 is 5.54. The summed E-state index contributed by atoms with van der Waals surface area (Å²) in [5, 5.41) is 3.04. The van der Waals surface area contributed by atoms with Crippen LogP contribution in [0.3, 0.4) is 0 Å².